The molecule has 0 fully saturated rings. The molecule has 0 saturated heterocycles. The minimum atomic E-state index is 0.282. The summed E-state index contributed by atoms with van der Waals surface area (Å²) in [5.41, 5.74) is 6.10. The molecule has 3 nitrogen and oxygen atoms in total. The van der Waals surface area contributed by atoms with E-state index in [-0.39, 0.29) is 6.04 Å². The third-order valence-electron chi connectivity index (χ3n) is 2.56. The van der Waals surface area contributed by atoms with Gasteiger partial charge in [-0.2, -0.15) is 0 Å². The molecule has 92 valence electrons. The lowest BCUT2D eigenvalue weighted by Gasteiger charge is -2.29. The number of methoxy groups -OCH3 is 1. The first-order valence-corrected chi connectivity index (χ1v) is 5.96. The number of ether oxygens (including phenoxy) is 1. The second-order valence-electron chi connectivity index (χ2n) is 4.97. The average molecular weight is 216 g/mol. The van der Waals surface area contributed by atoms with Crippen molar-refractivity contribution in [3.05, 3.63) is 0 Å². The van der Waals surface area contributed by atoms with E-state index < -0.39 is 0 Å². The predicted octanol–water partition coefficient (Wildman–Crippen LogP) is 1.72. The predicted molar refractivity (Wildman–Crippen MR) is 66.0 cm³/mol. The van der Waals surface area contributed by atoms with Gasteiger partial charge in [-0.15, -0.1) is 0 Å². The standard InChI is InChI=1S/C12H28N2O/c1-10(2)8-12(13)9-14(11(3)4)6-7-15-5/h10-12H,6-9,13H2,1-5H3. The first kappa shape index (κ1) is 14.9. The molecule has 0 aliphatic heterocycles. The zero-order valence-electron chi connectivity index (χ0n) is 11.0. The van der Waals surface area contributed by atoms with Crippen LogP contribution < -0.4 is 5.73 Å². The molecule has 0 spiro atoms. The SMILES string of the molecule is COCCN(CC(N)CC(C)C)C(C)C. The Balaban J connectivity index is 3.92. The normalized spacial score (nSPS) is 14.2. The van der Waals surface area contributed by atoms with Gasteiger partial charge in [-0.25, -0.2) is 0 Å². The number of hydrogen-bond acceptors (Lipinski definition) is 3. The molecule has 15 heavy (non-hydrogen) atoms. The molecule has 0 aliphatic rings. The summed E-state index contributed by atoms with van der Waals surface area (Å²) < 4.78 is 5.10. The van der Waals surface area contributed by atoms with Crippen molar-refractivity contribution < 1.29 is 4.74 Å². The lowest BCUT2D eigenvalue weighted by Crippen LogP contribution is -2.43. The quantitative estimate of drug-likeness (QED) is 0.671. The van der Waals surface area contributed by atoms with Crippen molar-refractivity contribution in [2.75, 3.05) is 26.8 Å². The summed E-state index contributed by atoms with van der Waals surface area (Å²) in [6, 6.07) is 0.822. The minimum Gasteiger partial charge on any atom is -0.383 e. The van der Waals surface area contributed by atoms with Crippen LogP contribution in [-0.2, 0) is 4.74 Å². The second kappa shape index (κ2) is 8.08. The zero-order chi connectivity index (χ0) is 11.8. The Labute approximate surface area is 95.0 Å². The van der Waals surface area contributed by atoms with Gasteiger partial charge < -0.3 is 10.5 Å². The van der Waals surface area contributed by atoms with Crippen molar-refractivity contribution in [1.82, 2.24) is 4.90 Å². The van der Waals surface area contributed by atoms with Gasteiger partial charge in [-0.1, -0.05) is 13.8 Å². The van der Waals surface area contributed by atoms with E-state index in [1.807, 2.05) is 0 Å². The van der Waals surface area contributed by atoms with Crippen LogP contribution in [0.5, 0.6) is 0 Å². The highest BCUT2D eigenvalue weighted by molar-refractivity contribution is 4.72. The zero-order valence-corrected chi connectivity index (χ0v) is 11.0. The first-order chi connectivity index (χ1) is 6.97. The van der Waals surface area contributed by atoms with E-state index in [2.05, 4.69) is 32.6 Å². The van der Waals surface area contributed by atoms with Gasteiger partial charge >= 0.3 is 0 Å². The third-order valence-corrected chi connectivity index (χ3v) is 2.56. The molecule has 0 aromatic carbocycles. The van der Waals surface area contributed by atoms with Gasteiger partial charge in [0.15, 0.2) is 0 Å². The van der Waals surface area contributed by atoms with Gasteiger partial charge in [0.25, 0.3) is 0 Å². The molecule has 0 bridgehead atoms. The van der Waals surface area contributed by atoms with Gasteiger partial charge in [-0.05, 0) is 26.2 Å². The average Bonchev–Trinajstić information content (AvgIpc) is 2.10. The Kier molecular flexibility index (Phi) is 8.02. The summed E-state index contributed by atoms with van der Waals surface area (Å²) in [7, 11) is 1.74. The highest BCUT2D eigenvalue weighted by atomic mass is 16.5. The number of nitrogens with two attached hydrogens (primary N) is 1. The van der Waals surface area contributed by atoms with Crippen LogP contribution in [0.4, 0.5) is 0 Å². The van der Waals surface area contributed by atoms with E-state index in [1.54, 1.807) is 7.11 Å². The van der Waals surface area contributed by atoms with Crippen LogP contribution in [0.1, 0.15) is 34.1 Å². The summed E-state index contributed by atoms with van der Waals surface area (Å²) in [6.45, 7) is 11.6. The van der Waals surface area contributed by atoms with Crippen LogP contribution in [0.3, 0.4) is 0 Å². The highest BCUT2D eigenvalue weighted by Gasteiger charge is 2.14. The molecular weight excluding hydrogens is 188 g/mol. The Morgan fingerprint density at radius 3 is 2.20 bits per heavy atom. The number of nitrogens with zero attached hydrogens (tertiary/aromatic N) is 1. The molecule has 0 radical (unpaired) electrons. The molecule has 0 amide bonds. The van der Waals surface area contributed by atoms with Gasteiger partial charge in [0.1, 0.15) is 0 Å². The molecule has 0 aliphatic carbocycles. The topological polar surface area (TPSA) is 38.5 Å². The molecule has 0 heterocycles. The molecule has 1 atom stereocenters. The molecular formula is C12H28N2O. The fourth-order valence-electron chi connectivity index (χ4n) is 1.75. The lowest BCUT2D eigenvalue weighted by molar-refractivity contribution is 0.123. The molecule has 0 aromatic rings. The van der Waals surface area contributed by atoms with Crippen LogP contribution in [0.15, 0.2) is 0 Å². The summed E-state index contributed by atoms with van der Waals surface area (Å²) in [4.78, 5) is 2.39. The fourth-order valence-corrected chi connectivity index (χ4v) is 1.75. The van der Waals surface area contributed by atoms with Gasteiger partial charge in [0.2, 0.25) is 0 Å². The fraction of sp³-hybridized carbons (Fsp3) is 1.00. The summed E-state index contributed by atoms with van der Waals surface area (Å²) >= 11 is 0. The second-order valence-corrected chi connectivity index (χ2v) is 4.97. The number of rotatable bonds is 8. The Morgan fingerprint density at radius 2 is 1.80 bits per heavy atom. The van der Waals surface area contributed by atoms with Crippen LogP contribution >= 0.6 is 0 Å². The van der Waals surface area contributed by atoms with Crippen molar-refractivity contribution in [1.29, 1.82) is 0 Å². The van der Waals surface area contributed by atoms with Crippen molar-refractivity contribution in [2.24, 2.45) is 11.7 Å². The Hall–Kier alpha value is -0.120. The minimum absolute atomic E-state index is 0.282. The van der Waals surface area contributed by atoms with Crippen LogP contribution in [0.2, 0.25) is 0 Å². The largest absolute Gasteiger partial charge is 0.383 e. The summed E-state index contributed by atoms with van der Waals surface area (Å²) in [5, 5.41) is 0. The van der Waals surface area contributed by atoms with Crippen molar-refractivity contribution in [2.45, 2.75) is 46.2 Å². The molecule has 0 rings (SSSR count). The Morgan fingerprint density at radius 1 is 1.20 bits per heavy atom. The van der Waals surface area contributed by atoms with Gasteiger partial charge in [0, 0.05) is 32.3 Å². The molecule has 0 aromatic heterocycles. The maximum absolute atomic E-state index is 6.10. The van der Waals surface area contributed by atoms with E-state index in [4.69, 9.17) is 10.5 Å². The van der Waals surface area contributed by atoms with Crippen LogP contribution in [0, 0.1) is 5.92 Å². The molecule has 1 unspecified atom stereocenters. The van der Waals surface area contributed by atoms with E-state index in [0.717, 1.165) is 26.1 Å². The van der Waals surface area contributed by atoms with Crippen molar-refractivity contribution in [3.8, 4) is 0 Å². The molecule has 3 heteroatoms. The van der Waals surface area contributed by atoms with Crippen molar-refractivity contribution >= 4 is 0 Å². The highest BCUT2D eigenvalue weighted by Crippen LogP contribution is 2.06. The number of hydrogen-bond donors (Lipinski definition) is 1. The first-order valence-electron chi connectivity index (χ1n) is 5.96. The lowest BCUT2D eigenvalue weighted by atomic mass is 10.0. The maximum atomic E-state index is 6.10. The monoisotopic (exact) mass is 216 g/mol. The van der Waals surface area contributed by atoms with Crippen LogP contribution in [0.25, 0.3) is 0 Å². The summed E-state index contributed by atoms with van der Waals surface area (Å²) in [6.07, 6.45) is 1.09. The maximum Gasteiger partial charge on any atom is 0.0589 e. The van der Waals surface area contributed by atoms with Gasteiger partial charge in [-0.3, -0.25) is 4.90 Å². The van der Waals surface area contributed by atoms with E-state index >= 15 is 0 Å². The van der Waals surface area contributed by atoms with Gasteiger partial charge in [0.05, 0.1) is 6.61 Å². The Bertz CT molecular complexity index is 149. The van der Waals surface area contributed by atoms with E-state index in [1.165, 1.54) is 0 Å². The third kappa shape index (κ3) is 7.77. The van der Waals surface area contributed by atoms with Crippen LogP contribution in [-0.4, -0.2) is 43.8 Å². The van der Waals surface area contributed by atoms with E-state index in [9.17, 15) is 0 Å². The van der Waals surface area contributed by atoms with E-state index in [0.29, 0.717) is 12.0 Å². The molecule has 0 saturated carbocycles. The smallest absolute Gasteiger partial charge is 0.0589 e. The van der Waals surface area contributed by atoms with Crippen molar-refractivity contribution in [3.63, 3.8) is 0 Å². The molecule has 2 N–H and O–H groups in total. The summed E-state index contributed by atoms with van der Waals surface area (Å²) in [5.74, 6) is 0.677.